The van der Waals surface area contributed by atoms with Crippen molar-refractivity contribution in [2.75, 3.05) is 0 Å². The van der Waals surface area contributed by atoms with Gasteiger partial charge in [0.05, 0.1) is 5.70 Å². The molecule has 0 aliphatic heterocycles. The Labute approximate surface area is 82.3 Å². The second-order valence-corrected chi connectivity index (χ2v) is 4.46. The molecular formula is C12H21N. The van der Waals surface area contributed by atoms with Crippen molar-refractivity contribution in [3.8, 4) is 0 Å². The lowest BCUT2D eigenvalue weighted by Crippen LogP contribution is -2.10. The Morgan fingerprint density at radius 1 is 1.23 bits per heavy atom. The molecule has 0 atom stereocenters. The van der Waals surface area contributed by atoms with Crippen LogP contribution in [0.1, 0.15) is 41.5 Å². The first kappa shape index (κ1) is 12.2. The largest absolute Gasteiger partial charge is 0.259 e. The third-order valence-electron chi connectivity index (χ3n) is 1.77. The van der Waals surface area contributed by atoms with Gasteiger partial charge in [-0.15, -0.1) is 0 Å². The molecule has 0 aromatic rings. The summed E-state index contributed by atoms with van der Waals surface area (Å²) in [5, 5.41) is 0. The molecule has 0 heterocycles. The second kappa shape index (κ2) is 4.40. The second-order valence-electron chi connectivity index (χ2n) is 4.46. The molecule has 0 saturated heterocycles. The van der Waals surface area contributed by atoms with Crippen LogP contribution in [0.25, 0.3) is 0 Å². The monoisotopic (exact) mass is 179 g/mol. The molecule has 0 amide bonds. The van der Waals surface area contributed by atoms with E-state index in [1.807, 2.05) is 20.8 Å². The quantitative estimate of drug-likeness (QED) is 0.449. The summed E-state index contributed by atoms with van der Waals surface area (Å²) in [6.07, 6.45) is 2.09. The van der Waals surface area contributed by atoms with Crippen molar-refractivity contribution in [1.29, 1.82) is 0 Å². The van der Waals surface area contributed by atoms with Gasteiger partial charge in [-0.3, -0.25) is 4.99 Å². The molecule has 0 fully saturated rings. The van der Waals surface area contributed by atoms with E-state index in [4.69, 9.17) is 0 Å². The van der Waals surface area contributed by atoms with Crippen molar-refractivity contribution in [2.45, 2.75) is 41.5 Å². The van der Waals surface area contributed by atoms with Crippen LogP contribution in [0.5, 0.6) is 0 Å². The third-order valence-corrected chi connectivity index (χ3v) is 1.77. The fourth-order valence-electron chi connectivity index (χ4n) is 1.36. The van der Waals surface area contributed by atoms with E-state index in [0.29, 0.717) is 0 Å². The molecule has 74 valence electrons. The topological polar surface area (TPSA) is 12.4 Å². The van der Waals surface area contributed by atoms with E-state index in [1.165, 1.54) is 5.57 Å². The van der Waals surface area contributed by atoms with Crippen LogP contribution in [-0.2, 0) is 0 Å². The number of hydrogen-bond donors (Lipinski definition) is 0. The Morgan fingerprint density at radius 2 is 1.69 bits per heavy atom. The van der Waals surface area contributed by atoms with Crippen molar-refractivity contribution in [3.05, 3.63) is 23.9 Å². The summed E-state index contributed by atoms with van der Waals surface area (Å²) in [6.45, 7) is 16.5. The van der Waals surface area contributed by atoms with E-state index < -0.39 is 0 Å². The van der Waals surface area contributed by atoms with Crippen LogP contribution in [0.4, 0.5) is 0 Å². The first-order valence-corrected chi connectivity index (χ1v) is 4.67. The molecular weight excluding hydrogens is 158 g/mol. The highest BCUT2D eigenvalue weighted by atomic mass is 14.8. The Kier molecular flexibility index (Phi) is 4.12. The molecule has 0 radical (unpaired) electrons. The highest BCUT2D eigenvalue weighted by molar-refractivity contribution is 5.80. The van der Waals surface area contributed by atoms with Crippen LogP contribution < -0.4 is 0 Å². The molecule has 13 heavy (non-hydrogen) atoms. The van der Waals surface area contributed by atoms with E-state index in [2.05, 4.69) is 38.4 Å². The van der Waals surface area contributed by atoms with E-state index in [9.17, 15) is 0 Å². The zero-order valence-electron chi connectivity index (χ0n) is 9.73. The third kappa shape index (κ3) is 4.07. The summed E-state index contributed by atoms with van der Waals surface area (Å²) in [4.78, 5) is 4.37. The number of hydrogen-bond acceptors (Lipinski definition) is 1. The van der Waals surface area contributed by atoms with Gasteiger partial charge in [0.15, 0.2) is 0 Å². The van der Waals surface area contributed by atoms with Gasteiger partial charge in [-0.1, -0.05) is 33.4 Å². The number of aliphatic imine (C=N–C) groups is 1. The van der Waals surface area contributed by atoms with Gasteiger partial charge in [0.25, 0.3) is 0 Å². The molecule has 1 heteroatoms. The predicted octanol–water partition coefficient (Wildman–Crippen LogP) is 3.97. The SMILES string of the molecule is C=C(N=C(C)C)/C(=C\C)C(C)(C)C. The fraction of sp³-hybridized carbons (Fsp3) is 0.583. The summed E-state index contributed by atoms with van der Waals surface area (Å²) in [5.74, 6) is 0. The zero-order valence-corrected chi connectivity index (χ0v) is 9.73. The Balaban J connectivity index is 4.85. The molecule has 0 N–H and O–H groups in total. The van der Waals surface area contributed by atoms with Crippen LogP contribution in [0.2, 0.25) is 0 Å². The lowest BCUT2D eigenvalue weighted by Gasteiger charge is -2.22. The van der Waals surface area contributed by atoms with E-state index in [0.717, 1.165) is 11.4 Å². The average Bonchev–Trinajstić information content (AvgIpc) is 1.82. The summed E-state index contributed by atoms with van der Waals surface area (Å²) < 4.78 is 0. The smallest absolute Gasteiger partial charge is 0.0591 e. The first-order valence-electron chi connectivity index (χ1n) is 4.67. The van der Waals surface area contributed by atoms with Gasteiger partial charge in [-0.2, -0.15) is 0 Å². The number of allylic oxidation sites excluding steroid dienone is 2. The van der Waals surface area contributed by atoms with Gasteiger partial charge in [0.2, 0.25) is 0 Å². The van der Waals surface area contributed by atoms with Crippen LogP contribution in [0, 0.1) is 5.41 Å². The molecule has 0 aliphatic carbocycles. The van der Waals surface area contributed by atoms with E-state index in [-0.39, 0.29) is 5.41 Å². The van der Waals surface area contributed by atoms with Gasteiger partial charge in [0.1, 0.15) is 0 Å². The van der Waals surface area contributed by atoms with E-state index in [1.54, 1.807) is 0 Å². The van der Waals surface area contributed by atoms with Gasteiger partial charge >= 0.3 is 0 Å². The molecule has 0 aromatic heterocycles. The van der Waals surface area contributed by atoms with Gasteiger partial charge < -0.3 is 0 Å². The number of nitrogens with zero attached hydrogens (tertiary/aromatic N) is 1. The Bertz CT molecular complexity index is 245. The first-order chi connectivity index (χ1) is 5.79. The summed E-state index contributed by atoms with van der Waals surface area (Å²) in [6, 6.07) is 0. The predicted molar refractivity (Wildman–Crippen MR) is 61.1 cm³/mol. The van der Waals surface area contributed by atoms with Gasteiger partial charge in [-0.05, 0) is 31.8 Å². The maximum absolute atomic E-state index is 4.37. The molecule has 0 spiro atoms. The Morgan fingerprint density at radius 3 is 1.92 bits per heavy atom. The molecule has 0 aromatic carbocycles. The van der Waals surface area contributed by atoms with Crippen molar-refractivity contribution in [1.82, 2.24) is 0 Å². The standard InChI is InChI=1S/C12H21N/c1-8-11(12(5,6)7)10(4)13-9(2)3/h8H,4H2,1-3,5-7H3/b11-8+. The molecule has 0 unspecified atom stereocenters. The minimum Gasteiger partial charge on any atom is -0.259 e. The Hall–Kier alpha value is -0.850. The number of rotatable bonds is 2. The maximum Gasteiger partial charge on any atom is 0.0591 e. The molecule has 0 saturated carbocycles. The normalized spacial score (nSPS) is 12.6. The van der Waals surface area contributed by atoms with Crippen molar-refractivity contribution < 1.29 is 0 Å². The highest BCUT2D eigenvalue weighted by Crippen LogP contribution is 2.30. The van der Waals surface area contributed by atoms with E-state index >= 15 is 0 Å². The van der Waals surface area contributed by atoms with Crippen LogP contribution in [0.15, 0.2) is 28.9 Å². The maximum atomic E-state index is 4.37. The summed E-state index contributed by atoms with van der Waals surface area (Å²) in [7, 11) is 0. The molecule has 0 rings (SSSR count). The molecule has 0 aliphatic rings. The van der Waals surface area contributed by atoms with Gasteiger partial charge in [0, 0.05) is 5.71 Å². The summed E-state index contributed by atoms with van der Waals surface area (Å²) in [5.41, 5.74) is 3.28. The summed E-state index contributed by atoms with van der Waals surface area (Å²) >= 11 is 0. The molecule has 1 nitrogen and oxygen atoms in total. The lowest BCUT2D eigenvalue weighted by atomic mass is 9.84. The van der Waals surface area contributed by atoms with Crippen LogP contribution in [-0.4, -0.2) is 5.71 Å². The molecule has 0 bridgehead atoms. The average molecular weight is 179 g/mol. The van der Waals surface area contributed by atoms with Gasteiger partial charge in [-0.25, -0.2) is 0 Å². The zero-order chi connectivity index (χ0) is 10.6. The van der Waals surface area contributed by atoms with Crippen molar-refractivity contribution in [3.63, 3.8) is 0 Å². The fourth-order valence-corrected chi connectivity index (χ4v) is 1.36. The highest BCUT2D eigenvalue weighted by Gasteiger charge is 2.18. The lowest BCUT2D eigenvalue weighted by molar-refractivity contribution is 0.509. The van der Waals surface area contributed by atoms with Crippen LogP contribution in [0.3, 0.4) is 0 Å². The van der Waals surface area contributed by atoms with Crippen molar-refractivity contribution in [2.24, 2.45) is 10.4 Å². The van der Waals surface area contributed by atoms with Crippen LogP contribution >= 0.6 is 0 Å². The van der Waals surface area contributed by atoms with Crippen molar-refractivity contribution >= 4 is 5.71 Å². The minimum atomic E-state index is 0.130. The minimum absolute atomic E-state index is 0.130.